The predicted octanol–water partition coefficient (Wildman–Crippen LogP) is 1.50. The molecule has 0 unspecified atom stereocenters. The van der Waals surface area contributed by atoms with E-state index in [0.29, 0.717) is 19.0 Å². The van der Waals surface area contributed by atoms with Crippen molar-refractivity contribution in [1.29, 1.82) is 0 Å². The standard InChI is InChI=1S/C14H20N2O3S/c1-15(6-12-4-5-20-10-12)13(17)8-16(9-14(18)19)7-11-2-3-11/h4-5,10-11H,2-3,6-9H2,1H3,(H,18,19). The molecule has 6 heteroatoms. The SMILES string of the molecule is CN(Cc1ccsc1)C(=O)CN(CC(=O)O)CC1CC1. The predicted molar refractivity (Wildman–Crippen MR) is 77.6 cm³/mol. The molecule has 5 nitrogen and oxygen atoms in total. The summed E-state index contributed by atoms with van der Waals surface area (Å²) in [6.45, 7) is 1.41. The highest BCUT2D eigenvalue weighted by Gasteiger charge is 2.26. The van der Waals surface area contributed by atoms with Gasteiger partial charge in [-0.1, -0.05) is 0 Å². The third kappa shape index (κ3) is 4.94. The van der Waals surface area contributed by atoms with Gasteiger partial charge in [-0.15, -0.1) is 0 Å². The Balaban J connectivity index is 1.84. The number of rotatable bonds is 8. The lowest BCUT2D eigenvalue weighted by atomic mass is 10.3. The fraction of sp³-hybridized carbons (Fsp3) is 0.571. The fourth-order valence-corrected chi connectivity index (χ4v) is 2.76. The van der Waals surface area contributed by atoms with E-state index in [-0.39, 0.29) is 19.0 Å². The van der Waals surface area contributed by atoms with Crippen molar-refractivity contribution in [3.63, 3.8) is 0 Å². The van der Waals surface area contributed by atoms with Gasteiger partial charge < -0.3 is 10.0 Å². The monoisotopic (exact) mass is 296 g/mol. The number of carbonyl (C=O) groups is 2. The highest BCUT2D eigenvalue weighted by molar-refractivity contribution is 7.07. The smallest absolute Gasteiger partial charge is 0.317 e. The molecule has 1 fully saturated rings. The number of hydrogen-bond donors (Lipinski definition) is 1. The summed E-state index contributed by atoms with van der Waals surface area (Å²) in [4.78, 5) is 26.4. The number of amides is 1. The quantitative estimate of drug-likeness (QED) is 0.790. The van der Waals surface area contributed by atoms with E-state index in [1.54, 1.807) is 28.2 Å². The van der Waals surface area contributed by atoms with Crippen molar-refractivity contribution in [2.45, 2.75) is 19.4 Å². The van der Waals surface area contributed by atoms with E-state index in [2.05, 4.69) is 0 Å². The van der Waals surface area contributed by atoms with Gasteiger partial charge in [-0.3, -0.25) is 14.5 Å². The maximum absolute atomic E-state index is 12.2. The fourth-order valence-electron chi connectivity index (χ4n) is 2.10. The minimum atomic E-state index is -0.876. The Hall–Kier alpha value is -1.40. The minimum absolute atomic E-state index is 0.0295. The topological polar surface area (TPSA) is 60.9 Å². The summed E-state index contributed by atoms with van der Waals surface area (Å²) in [7, 11) is 1.76. The van der Waals surface area contributed by atoms with Gasteiger partial charge in [0.15, 0.2) is 0 Å². The van der Waals surface area contributed by atoms with Gasteiger partial charge in [0.2, 0.25) is 5.91 Å². The highest BCUT2D eigenvalue weighted by Crippen LogP contribution is 2.29. The summed E-state index contributed by atoms with van der Waals surface area (Å²) in [6, 6.07) is 1.99. The largest absolute Gasteiger partial charge is 0.480 e. The van der Waals surface area contributed by atoms with E-state index in [0.717, 1.165) is 18.4 Å². The van der Waals surface area contributed by atoms with Crippen LogP contribution in [0.2, 0.25) is 0 Å². The van der Waals surface area contributed by atoms with Crippen molar-refractivity contribution in [2.75, 3.05) is 26.7 Å². The van der Waals surface area contributed by atoms with Crippen LogP contribution in [0.5, 0.6) is 0 Å². The Morgan fingerprint density at radius 3 is 2.70 bits per heavy atom. The summed E-state index contributed by atoms with van der Waals surface area (Å²) >= 11 is 1.61. The normalized spacial score (nSPS) is 14.5. The molecule has 2 rings (SSSR count). The average Bonchev–Trinajstić information content (AvgIpc) is 3.02. The van der Waals surface area contributed by atoms with E-state index in [1.807, 2.05) is 16.8 Å². The van der Waals surface area contributed by atoms with Gasteiger partial charge in [0.05, 0.1) is 13.1 Å². The van der Waals surface area contributed by atoms with E-state index < -0.39 is 5.97 Å². The molecule has 1 amide bonds. The second-order valence-corrected chi connectivity index (χ2v) is 6.17. The van der Waals surface area contributed by atoms with Crippen LogP contribution in [-0.2, 0) is 16.1 Å². The zero-order chi connectivity index (χ0) is 14.5. The van der Waals surface area contributed by atoms with Gasteiger partial charge in [0, 0.05) is 20.1 Å². The molecule has 1 heterocycles. The molecule has 1 aliphatic carbocycles. The molecule has 1 aliphatic rings. The molecular formula is C14H20N2O3S. The number of hydrogen-bond acceptors (Lipinski definition) is 4. The Kier molecular flexibility index (Phi) is 5.14. The first-order valence-electron chi connectivity index (χ1n) is 6.74. The van der Waals surface area contributed by atoms with Gasteiger partial charge in [-0.2, -0.15) is 11.3 Å². The molecule has 110 valence electrons. The van der Waals surface area contributed by atoms with Crippen LogP contribution in [0.1, 0.15) is 18.4 Å². The van der Waals surface area contributed by atoms with Crippen LogP contribution < -0.4 is 0 Å². The van der Waals surface area contributed by atoms with E-state index in [4.69, 9.17) is 5.11 Å². The summed E-state index contributed by atoms with van der Waals surface area (Å²) in [5.41, 5.74) is 1.11. The number of likely N-dealkylation sites (N-methyl/N-ethyl adjacent to an activating group) is 1. The van der Waals surface area contributed by atoms with Crippen LogP contribution >= 0.6 is 11.3 Å². The lowest BCUT2D eigenvalue weighted by Crippen LogP contribution is -2.41. The van der Waals surface area contributed by atoms with Crippen LogP contribution in [0.4, 0.5) is 0 Å². The molecule has 0 atom stereocenters. The van der Waals surface area contributed by atoms with Gasteiger partial charge in [-0.25, -0.2) is 0 Å². The number of nitrogens with zero attached hydrogens (tertiary/aromatic N) is 2. The molecule has 1 aromatic rings. The average molecular weight is 296 g/mol. The second-order valence-electron chi connectivity index (χ2n) is 5.39. The number of carboxylic acids is 1. The molecule has 0 radical (unpaired) electrons. The number of thiophene rings is 1. The maximum Gasteiger partial charge on any atom is 0.317 e. The van der Waals surface area contributed by atoms with Crippen molar-refractivity contribution in [1.82, 2.24) is 9.80 Å². The van der Waals surface area contributed by atoms with Crippen molar-refractivity contribution in [3.8, 4) is 0 Å². The summed E-state index contributed by atoms with van der Waals surface area (Å²) < 4.78 is 0. The molecule has 0 aromatic carbocycles. The Labute approximate surface area is 122 Å². The summed E-state index contributed by atoms with van der Waals surface area (Å²) in [5, 5.41) is 12.9. The molecular weight excluding hydrogens is 276 g/mol. The zero-order valence-electron chi connectivity index (χ0n) is 11.6. The summed E-state index contributed by atoms with van der Waals surface area (Å²) in [6.07, 6.45) is 2.30. The van der Waals surface area contributed by atoms with E-state index in [9.17, 15) is 9.59 Å². The summed E-state index contributed by atoms with van der Waals surface area (Å²) in [5.74, 6) is -0.332. The van der Waals surface area contributed by atoms with Crippen molar-refractivity contribution in [3.05, 3.63) is 22.4 Å². The Morgan fingerprint density at radius 1 is 1.40 bits per heavy atom. The van der Waals surface area contributed by atoms with E-state index >= 15 is 0 Å². The van der Waals surface area contributed by atoms with E-state index in [1.165, 1.54) is 0 Å². The van der Waals surface area contributed by atoms with Crippen LogP contribution in [0.3, 0.4) is 0 Å². The lowest BCUT2D eigenvalue weighted by Gasteiger charge is -2.23. The molecule has 0 bridgehead atoms. The Morgan fingerprint density at radius 2 is 2.15 bits per heavy atom. The second kappa shape index (κ2) is 6.85. The number of carbonyl (C=O) groups excluding carboxylic acids is 1. The molecule has 1 N–H and O–H groups in total. The Bertz CT molecular complexity index is 457. The van der Waals surface area contributed by atoms with Gasteiger partial charge >= 0.3 is 5.97 Å². The van der Waals surface area contributed by atoms with Gasteiger partial charge in [0.1, 0.15) is 0 Å². The zero-order valence-corrected chi connectivity index (χ0v) is 12.4. The highest BCUT2D eigenvalue weighted by atomic mass is 32.1. The van der Waals surface area contributed by atoms with Crippen LogP contribution in [-0.4, -0.2) is 53.5 Å². The number of aliphatic carboxylic acids is 1. The van der Waals surface area contributed by atoms with Crippen molar-refractivity contribution < 1.29 is 14.7 Å². The maximum atomic E-state index is 12.2. The molecule has 0 aliphatic heterocycles. The van der Waals surface area contributed by atoms with Crippen molar-refractivity contribution >= 4 is 23.2 Å². The molecule has 0 saturated heterocycles. The minimum Gasteiger partial charge on any atom is -0.480 e. The number of carboxylic acid groups (broad SMARTS) is 1. The third-order valence-corrected chi connectivity index (χ3v) is 4.09. The molecule has 0 spiro atoms. The van der Waals surface area contributed by atoms with Crippen LogP contribution in [0.15, 0.2) is 16.8 Å². The van der Waals surface area contributed by atoms with Crippen LogP contribution in [0, 0.1) is 5.92 Å². The first-order chi connectivity index (χ1) is 9.54. The molecule has 1 saturated carbocycles. The van der Waals surface area contributed by atoms with Gasteiger partial charge in [0.25, 0.3) is 0 Å². The van der Waals surface area contributed by atoms with Crippen molar-refractivity contribution in [2.24, 2.45) is 5.92 Å². The molecule has 20 heavy (non-hydrogen) atoms. The lowest BCUT2D eigenvalue weighted by molar-refractivity contribution is -0.139. The first kappa shape index (κ1) is 15.0. The molecule has 1 aromatic heterocycles. The van der Waals surface area contributed by atoms with Crippen LogP contribution in [0.25, 0.3) is 0 Å². The van der Waals surface area contributed by atoms with Gasteiger partial charge in [-0.05, 0) is 41.1 Å². The third-order valence-electron chi connectivity index (χ3n) is 3.36. The first-order valence-corrected chi connectivity index (χ1v) is 7.68.